The molecule has 0 radical (unpaired) electrons. The number of carbonyl (C=O) groups is 2. The van der Waals surface area contributed by atoms with Crippen LogP contribution in [0.3, 0.4) is 0 Å². The van der Waals surface area contributed by atoms with Crippen LogP contribution < -0.4 is 10.1 Å². The number of amides is 1. The summed E-state index contributed by atoms with van der Waals surface area (Å²) >= 11 is 0. The van der Waals surface area contributed by atoms with Crippen LogP contribution in [0.5, 0.6) is 5.75 Å². The molecule has 0 aliphatic carbocycles. The molecule has 0 aliphatic rings. The van der Waals surface area contributed by atoms with Crippen LogP contribution in [0.2, 0.25) is 0 Å². The van der Waals surface area contributed by atoms with E-state index in [0.29, 0.717) is 12.1 Å². The molecule has 2 aromatic carbocycles. The highest BCUT2D eigenvalue weighted by atomic mass is 19.4. The lowest BCUT2D eigenvalue weighted by Gasteiger charge is -2.08. The van der Waals surface area contributed by atoms with Crippen LogP contribution in [-0.4, -0.2) is 31.4 Å². The van der Waals surface area contributed by atoms with E-state index < -0.39 is 24.8 Å². The molecule has 8 heteroatoms. The third-order valence-electron chi connectivity index (χ3n) is 3.68. The Hall–Kier alpha value is -3.29. The molecule has 2 rings (SSSR count). The third kappa shape index (κ3) is 9.46. The zero-order valence-corrected chi connectivity index (χ0v) is 15.4. The minimum atomic E-state index is -4.76. The van der Waals surface area contributed by atoms with Crippen molar-refractivity contribution in [3.63, 3.8) is 0 Å². The van der Waals surface area contributed by atoms with Crippen molar-refractivity contribution in [3.8, 4) is 5.75 Å². The maximum Gasteiger partial charge on any atom is 0.573 e. The predicted molar refractivity (Wildman–Crippen MR) is 101 cm³/mol. The van der Waals surface area contributed by atoms with E-state index in [1.165, 1.54) is 23.8 Å². The van der Waals surface area contributed by atoms with Gasteiger partial charge in [-0.1, -0.05) is 42.5 Å². The van der Waals surface area contributed by atoms with Crippen LogP contribution in [-0.2, 0) is 20.7 Å². The molecule has 2 aromatic rings. The third-order valence-corrected chi connectivity index (χ3v) is 3.68. The number of aryl methyl sites for hydroxylation is 1. The Bertz CT molecular complexity index is 818. The highest BCUT2D eigenvalue weighted by molar-refractivity contribution is 5.89. The van der Waals surface area contributed by atoms with Crippen LogP contribution in [0.1, 0.15) is 17.5 Å². The molecule has 0 atom stereocenters. The summed E-state index contributed by atoms with van der Waals surface area (Å²) < 4.78 is 44.8. The van der Waals surface area contributed by atoms with Gasteiger partial charge in [-0.3, -0.25) is 4.79 Å². The normalized spacial score (nSPS) is 11.3. The molecule has 154 valence electrons. The molecule has 0 unspecified atom stereocenters. The average molecular weight is 407 g/mol. The zero-order valence-electron chi connectivity index (χ0n) is 15.4. The smallest absolute Gasteiger partial charge is 0.452 e. The number of ether oxygens (including phenoxy) is 2. The Balaban J connectivity index is 1.64. The topological polar surface area (TPSA) is 64.6 Å². The first-order valence-corrected chi connectivity index (χ1v) is 8.83. The van der Waals surface area contributed by atoms with Crippen LogP contribution in [0.25, 0.3) is 6.08 Å². The molecule has 29 heavy (non-hydrogen) atoms. The first-order chi connectivity index (χ1) is 13.8. The number of alkyl halides is 3. The summed E-state index contributed by atoms with van der Waals surface area (Å²) in [5.41, 5.74) is 1.65. The fourth-order valence-electron chi connectivity index (χ4n) is 2.35. The van der Waals surface area contributed by atoms with E-state index in [-0.39, 0.29) is 5.75 Å². The molecular formula is C21H20F3NO4. The van der Waals surface area contributed by atoms with Crippen molar-refractivity contribution in [2.75, 3.05) is 13.2 Å². The van der Waals surface area contributed by atoms with Gasteiger partial charge in [-0.2, -0.15) is 0 Å². The van der Waals surface area contributed by atoms with Gasteiger partial charge in [0, 0.05) is 12.6 Å². The van der Waals surface area contributed by atoms with Crippen molar-refractivity contribution in [3.05, 3.63) is 71.8 Å². The molecular weight excluding hydrogens is 387 g/mol. The molecule has 0 aromatic heterocycles. The SMILES string of the molecule is O=C(COC(=O)/C=C/c1ccc(OC(F)(F)F)cc1)NCCCc1ccccc1. The van der Waals surface area contributed by atoms with Crippen molar-refractivity contribution in [2.24, 2.45) is 0 Å². The summed E-state index contributed by atoms with van der Waals surface area (Å²) in [5, 5.41) is 2.66. The molecule has 5 nitrogen and oxygen atoms in total. The fraction of sp³-hybridized carbons (Fsp3) is 0.238. The molecule has 0 fully saturated rings. The fourth-order valence-corrected chi connectivity index (χ4v) is 2.35. The lowest BCUT2D eigenvalue weighted by molar-refractivity contribution is -0.274. The van der Waals surface area contributed by atoms with Gasteiger partial charge in [0.15, 0.2) is 6.61 Å². The van der Waals surface area contributed by atoms with Crippen LogP contribution in [0.4, 0.5) is 13.2 Å². The number of benzene rings is 2. The van der Waals surface area contributed by atoms with Gasteiger partial charge in [-0.15, -0.1) is 13.2 Å². The molecule has 0 aliphatic heterocycles. The minimum Gasteiger partial charge on any atom is -0.452 e. The maximum absolute atomic E-state index is 12.1. The second-order valence-electron chi connectivity index (χ2n) is 6.00. The van der Waals surface area contributed by atoms with Gasteiger partial charge in [0.05, 0.1) is 0 Å². The lowest BCUT2D eigenvalue weighted by atomic mass is 10.1. The number of carbonyl (C=O) groups excluding carboxylic acids is 2. The minimum absolute atomic E-state index is 0.360. The quantitative estimate of drug-likeness (QED) is 0.389. The van der Waals surface area contributed by atoms with E-state index in [2.05, 4.69) is 10.1 Å². The summed E-state index contributed by atoms with van der Waals surface area (Å²) in [6.45, 7) is 0.0559. The largest absolute Gasteiger partial charge is 0.573 e. The summed E-state index contributed by atoms with van der Waals surface area (Å²) in [6.07, 6.45) is -0.725. The second kappa shape index (κ2) is 10.9. The zero-order chi connectivity index (χ0) is 21.1. The predicted octanol–water partition coefficient (Wildman–Crippen LogP) is 3.89. The number of hydrogen-bond donors (Lipinski definition) is 1. The van der Waals surface area contributed by atoms with E-state index in [1.807, 2.05) is 30.3 Å². The summed E-state index contributed by atoms with van der Waals surface area (Å²) in [6, 6.07) is 14.8. The standard InChI is InChI=1S/C21H20F3NO4/c22-21(23,24)29-18-11-8-17(9-12-18)10-13-20(27)28-15-19(26)25-14-4-7-16-5-2-1-3-6-16/h1-3,5-6,8-13H,4,7,14-15H2,(H,25,26)/b13-10+. The Kier molecular flexibility index (Phi) is 8.27. The first kappa shape index (κ1) is 22.0. The Morgan fingerprint density at radius 3 is 2.34 bits per heavy atom. The first-order valence-electron chi connectivity index (χ1n) is 8.83. The van der Waals surface area contributed by atoms with Crippen molar-refractivity contribution < 1.29 is 32.2 Å². The van der Waals surface area contributed by atoms with E-state index in [1.54, 1.807) is 0 Å². The molecule has 0 saturated heterocycles. The van der Waals surface area contributed by atoms with Crippen LogP contribution >= 0.6 is 0 Å². The van der Waals surface area contributed by atoms with Gasteiger partial charge in [-0.05, 0) is 42.2 Å². The van der Waals surface area contributed by atoms with Crippen molar-refractivity contribution in [1.82, 2.24) is 5.32 Å². The molecule has 0 heterocycles. The summed E-state index contributed by atoms with van der Waals surface area (Å²) in [7, 11) is 0. The molecule has 1 amide bonds. The highest BCUT2D eigenvalue weighted by Crippen LogP contribution is 2.22. The van der Waals surface area contributed by atoms with Crippen LogP contribution in [0.15, 0.2) is 60.7 Å². The Morgan fingerprint density at radius 1 is 1.00 bits per heavy atom. The monoisotopic (exact) mass is 407 g/mol. The van der Waals surface area contributed by atoms with Crippen molar-refractivity contribution >= 4 is 18.0 Å². The van der Waals surface area contributed by atoms with Gasteiger partial charge in [0.1, 0.15) is 5.75 Å². The number of nitrogens with one attached hydrogen (secondary N) is 1. The Labute approximate surface area is 166 Å². The van der Waals surface area contributed by atoms with Crippen molar-refractivity contribution in [2.45, 2.75) is 19.2 Å². The van der Waals surface area contributed by atoms with E-state index in [0.717, 1.165) is 31.1 Å². The molecule has 0 saturated carbocycles. The number of rotatable bonds is 9. The number of esters is 1. The van der Waals surface area contributed by atoms with Gasteiger partial charge in [-0.25, -0.2) is 4.79 Å². The Morgan fingerprint density at radius 2 is 1.69 bits per heavy atom. The number of hydrogen-bond acceptors (Lipinski definition) is 4. The second-order valence-corrected chi connectivity index (χ2v) is 6.00. The van der Waals surface area contributed by atoms with Crippen LogP contribution in [0, 0.1) is 0 Å². The van der Waals surface area contributed by atoms with Gasteiger partial charge in [0.25, 0.3) is 5.91 Å². The summed E-state index contributed by atoms with van der Waals surface area (Å²) in [4.78, 5) is 23.3. The summed E-state index contributed by atoms with van der Waals surface area (Å²) in [5.74, 6) is -1.50. The lowest BCUT2D eigenvalue weighted by Crippen LogP contribution is -2.29. The van der Waals surface area contributed by atoms with E-state index in [9.17, 15) is 22.8 Å². The van der Waals surface area contributed by atoms with Gasteiger partial charge >= 0.3 is 12.3 Å². The van der Waals surface area contributed by atoms with E-state index in [4.69, 9.17) is 4.74 Å². The van der Waals surface area contributed by atoms with Gasteiger partial charge in [0.2, 0.25) is 0 Å². The molecule has 1 N–H and O–H groups in total. The molecule has 0 bridgehead atoms. The van der Waals surface area contributed by atoms with Crippen molar-refractivity contribution in [1.29, 1.82) is 0 Å². The van der Waals surface area contributed by atoms with Gasteiger partial charge < -0.3 is 14.8 Å². The maximum atomic E-state index is 12.1. The molecule has 0 spiro atoms. The number of halogens is 3. The van der Waals surface area contributed by atoms with E-state index >= 15 is 0 Å². The average Bonchev–Trinajstić information content (AvgIpc) is 2.69. The highest BCUT2D eigenvalue weighted by Gasteiger charge is 2.30.